The van der Waals surface area contributed by atoms with Crippen LogP contribution in [0.3, 0.4) is 0 Å². The van der Waals surface area contributed by atoms with Crippen molar-refractivity contribution < 1.29 is 10.2 Å². The number of aromatic nitrogens is 1. The largest absolute Gasteiger partial charge is 0.395 e. The summed E-state index contributed by atoms with van der Waals surface area (Å²) >= 11 is 1.77. The summed E-state index contributed by atoms with van der Waals surface area (Å²) in [7, 11) is 0. The second-order valence-electron chi connectivity index (χ2n) is 11.0. The van der Waals surface area contributed by atoms with Gasteiger partial charge in [-0.25, -0.2) is 4.98 Å². The van der Waals surface area contributed by atoms with Gasteiger partial charge in [-0.1, -0.05) is 53.2 Å². The molecule has 0 spiro atoms. The molecule has 1 aliphatic carbocycles. The van der Waals surface area contributed by atoms with Crippen molar-refractivity contribution in [3.8, 4) is 11.3 Å². The number of aliphatic hydroxyl groups excluding tert-OH is 2. The van der Waals surface area contributed by atoms with E-state index >= 15 is 0 Å². The monoisotopic (exact) mass is 472 g/mol. The van der Waals surface area contributed by atoms with Gasteiger partial charge in [0, 0.05) is 30.1 Å². The highest BCUT2D eigenvalue weighted by Crippen LogP contribution is 2.46. The zero-order valence-electron chi connectivity index (χ0n) is 21.4. The topological polar surface area (TPSA) is 56.6 Å². The summed E-state index contributed by atoms with van der Waals surface area (Å²) in [6, 6.07) is 7.42. The van der Waals surface area contributed by atoms with E-state index in [1.165, 1.54) is 34.5 Å². The van der Waals surface area contributed by atoms with Gasteiger partial charge >= 0.3 is 0 Å². The van der Waals surface area contributed by atoms with Gasteiger partial charge in [0.05, 0.1) is 23.9 Å². The first-order valence-electron chi connectivity index (χ1n) is 12.8. The molecule has 0 fully saturated rings. The van der Waals surface area contributed by atoms with Gasteiger partial charge in [-0.05, 0) is 66.5 Å². The molecule has 0 saturated heterocycles. The molecule has 1 atom stereocenters. The lowest BCUT2D eigenvalue weighted by atomic mass is 9.63. The summed E-state index contributed by atoms with van der Waals surface area (Å²) in [5.74, 6) is 0. The third-order valence-electron chi connectivity index (χ3n) is 7.54. The molecule has 2 aromatic rings. The minimum Gasteiger partial charge on any atom is -0.395 e. The number of benzene rings is 1. The van der Waals surface area contributed by atoms with E-state index in [9.17, 15) is 10.2 Å². The van der Waals surface area contributed by atoms with Crippen LogP contribution in [0.15, 0.2) is 23.6 Å². The maximum atomic E-state index is 9.40. The van der Waals surface area contributed by atoms with Crippen LogP contribution in [0.2, 0.25) is 0 Å². The van der Waals surface area contributed by atoms with E-state index in [4.69, 9.17) is 4.98 Å². The smallest absolute Gasteiger partial charge is 0.0932 e. The summed E-state index contributed by atoms with van der Waals surface area (Å²) in [5, 5.41) is 22.2. The molecule has 3 rings (SSSR count). The number of aliphatic hydroxyl groups is 2. The quantitative estimate of drug-likeness (QED) is 0.401. The van der Waals surface area contributed by atoms with Crippen LogP contribution in [0.1, 0.15) is 89.3 Å². The molecule has 184 valence electrons. The minimum absolute atomic E-state index is 0.144. The van der Waals surface area contributed by atoms with Crippen LogP contribution in [0, 0.1) is 0 Å². The number of thiazole rings is 1. The van der Waals surface area contributed by atoms with E-state index < -0.39 is 0 Å². The average molecular weight is 473 g/mol. The number of hydrogen-bond acceptors (Lipinski definition) is 5. The summed E-state index contributed by atoms with van der Waals surface area (Å²) in [5.41, 5.74) is 5.78. The molecule has 0 saturated carbocycles. The van der Waals surface area contributed by atoms with Crippen LogP contribution in [0.25, 0.3) is 11.3 Å². The molecule has 1 aromatic carbocycles. The van der Waals surface area contributed by atoms with E-state index in [1.54, 1.807) is 11.3 Å². The molecule has 0 aliphatic heterocycles. The Balaban J connectivity index is 1.68. The SMILES string of the molecule is CCCC(CCCc1nc(-c2ccc3c(c2)C(C)(C)CCC3(C)C)cs1)N(CCO)CCO. The molecular formula is C28H44N2O2S. The van der Waals surface area contributed by atoms with Crippen molar-refractivity contribution in [2.24, 2.45) is 0 Å². The van der Waals surface area contributed by atoms with Gasteiger partial charge < -0.3 is 10.2 Å². The fraction of sp³-hybridized carbons (Fsp3) is 0.679. The number of aryl methyl sites for hydroxylation is 1. The third-order valence-corrected chi connectivity index (χ3v) is 8.45. The zero-order chi connectivity index (χ0) is 24.1. The highest BCUT2D eigenvalue weighted by atomic mass is 32.1. The van der Waals surface area contributed by atoms with Gasteiger partial charge in [0.25, 0.3) is 0 Å². The molecule has 1 aromatic heterocycles. The zero-order valence-corrected chi connectivity index (χ0v) is 22.2. The van der Waals surface area contributed by atoms with Gasteiger partial charge in [0.1, 0.15) is 0 Å². The molecule has 2 N–H and O–H groups in total. The van der Waals surface area contributed by atoms with Gasteiger partial charge in [-0.15, -0.1) is 11.3 Å². The van der Waals surface area contributed by atoms with Gasteiger partial charge in [0.2, 0.25) is 0 Å². The van der Waals surface area contributed by atoms with E-state index in [0.29, 0.717) is 19.1 Å². The lowest BCUT2D eigenvalue weighted by molar-refractivity contribution is 0.110. The summed E-state index contributed by atoms with van der Waals surface area (Å²) in [6.07, 6.45) is 7.82. The standard InChI is InChI=1S/C28H44N2O2S/c1-6-8-22(30(15-17-31)16-18-32)9-7-10-26-29-25(20-33-26)21-11-12-23-24(19-21)28(4,5)14-13-27(23,2)3/h11-12,19-20,22,31-32H,6-10,13-18H2,1-5H3. The summed E-state index contributed by atoms with van der Waals surface area (Å²) in [4.78, 5) is 7.24. The predicted molar refractivity (Wildman–Crippen MR) is 140 cm³/mol. The first-order chi connectivity index (χ1) is 15.7. The maximum absolute atomic E-state index is 9.40. The Labute approximate surface area is 205 Å². The van der Waals surface area contributed by atoms with E-state index in [1.807, 2.05) is 0 Å². The van der Waals surface area contributed by atoms with Crippen LogP contribution >= 0.6 is 11.3 Å². The predicted octanol–water partition coefficient (Wildman–Crippen LogP) is 5.94. The first-order valence-corrected chi connectivity index (χ1v) is 13.7. The van der Waals surface area contributed by atoms with Crippen molar-refractivity contribution in [2.45, 2.75) is 96.4 Å². The Morgan fingerprint density at radius 1 is 1.00 bits per heavy atom. The molecule has 1 aliphatic rings. The molecule has 0 amide bonds. The summed E-state index contributed by atoms with van der Waals surface area (Å²) in [6.45, 7) is 13.3. The van der Waals surface area contributed by atoms with Crippen molar-refractivity contribution in [2.75, 3.05) is 26.3 Å². The van der Waals surface area contributed by atoms with Crippen LogP contribution in [-0.2, 0) is 17.3 Å². The van der Waals surface area contributed by atoms with Crippen molar-refractivity contribution in [3.05, 3.63) is 39.7 Å². The van der Waals surface area contributed by atoms with Crippen LogP contribution in [0.4, 0.5) is 0 Å². The van der Waals surface area contributed by atoms with Crippen molar-refractivity contribution >= 4 is 11.3 Å². The minimum atomic E-state index is 0.144. The second kappa shape index (κ2) is 11.4. The molecule has 4 nitrogen and oxygen atoms in total. The van der Waals surface area contributed by atoms with Crippen LogP contribution in [-0.4, -0.2) is 52.4 Å². The average Bonchev–Trinajstić information content (AvgIpc) is 3.25. The van der Waals surface area contributed by atoms with E-state index in [2.05, 4.69) is 63.1 Å². The molecular weight excluding hydrogens is 428 g/mol. The Morgan fingerprint density at radius 2 is 1.67 bits per heavy atom. The van der Waals surface area contributed by atoms with Crippen LogP contribution in [0.5, 0.6) is 0 Å². The number of nitrogens with zero attached hydrogens (tertiary/aromatic N) is 2. The van der Waals surface area contributed by atoms with Crippen molar-refractivity contribution in [3.63, 3.8) is 0 Å². The number of fused-ring (bicyclic) bond motifs is 1. The van der Waals surface area contributed by atoms with Gasteiger partial charge in [0.15, 0.2) is 0 Å². The van der Waals surface area contributed by atoms with E-state index in [0.717, 1.165) is 37.8 Å². The number of rotatable bonds is 12. The highest BCUT2D eigenvalue weighted by Gasteiger charge is 2.37. The number of hydrogen-bond donors (Lipinski definition) is 2. The Bertz CT molecular complexity index is 884. The Morgan fingerprint density at radius 3 is 2.30 bits per heavy atom. The van der Waals surface area contributed by atoms with Crippen molar-refractivity contribution in [1.29, 1.82) is 0 Å². The highest BCUT2D eigenvalue weighted by molar-refractivity contribution is 7.09. The first kappa shape index (κ1) is 26.3. The molecule has 33 heavy (non-hydrogen) atoms. The van der Waals surface area contributed by atoms with Crippen LogP contribution < -0.4 is 0 Å². The Kier molecular flexibility index (Phi) is 9.13. The Hall–Kier alpha value is -1.27. The summed E-state index contributed by atoms with van der Waals surface area (Å²) < 4.78 is 0. The molecule has 1 unspecified atom stereocenters. The normalized spacial score (nSPS) is 17.8. The lowest BCUT2D eigenvalue weighted by Crippen LogP contribution is -2.39. The third kappa shape index (κ3) is 6.45. The van der Waals surface area contributed by atoms with Gasteiger partial charge in [-0.3, -0.25) is 4.90 Å². The molecule has 0 bridgehead atoms. The molecule has 0 radical (unpaired) electrons. The van der Waals surface area contributed by atoms with Gasteiger partial charge in [-0.2, -0.15) is 0 Å². The lowest BCUT2D eigenvalue weighted by Gasteiger charge is -2.42. The maximum Gasteiger partial charge on any atom is 0.0932 e. The fourth-order valence-corrected chi connectivity index (χ4v) is 6.22. The van der Waals surface area contributed by atoms with E-state index in [-0.39, 0.29) is 24.0 Å². The molecule has 5 heteroatoms. The fourth-order valence-electron chi connectivity index (χ4n) is 5.37. The second-order valence-corrected chi connectivity index (χ2v) is 11.9. The van der Waals surface area contributed by atoms with Crippen molar-refractivity contribution in [1.82, 2.24) is 9.88 Å². The molecule has 1 heterocycles.